The van der Waals surface area contributed by atoms with Crippen molar-refractivity contribution in [3.8, 4) is 0 Å². The van der Waals surface area contributed by atoms with E-state index in [4.69, 9.17) is 11.5 Å². The maximum absolute atomic E-state index is 12.6. The number of H-pyrrole nitrogens is 1. The summed E-state index contributed by atoms with van der Waals surface area (Å²) >= 11 is 1.15. The zero-order chi connectivity index (χ0) is 24.8. The van der Waals surface area contributed by atoms with Gasteiger partial charge in [0.15, 0.2) is 0 Å². The summed E-state index contributed by atoms with van der Waals surface area (Å²) in [6.07, 6.45) is 0.0193. The number of nitrogens with zero attached hydrogens (tertiary/aromatic N) is 1. The van der Waals surface area contributed by atoms with Crippen molar-refractivity contribution < 1.29 is 19.3 Å². The van der Waals surface area contributed by atoms with E-state index in [9.17, 15) is 24.5 Å². The molecule has 0 radical (unpaired) electrons. The zero-order valence-electron chi connectivity index (χ0n) is 18.2. The molecule has 11 nitrogen and oxygen atoms in total. The molecule has 2 aromatic carbocycles. The average Bonchev–Trinajstić information content (AvgIpc) is 3.13. The van der Waals surface area contributed by atoms with Crippen molar-refractivity contribution in [1.82, 2.24) is 15.6 Å². The number of nitro benzene ring substituents is 1. The lowest BCUT2D eigenvalue weighted by Crippen LogP contribution is -2.55. The highest BCUT2D eigenvalue weighted by atomic mass is 32.2. The van der Waals surface area contributed by atoms with Gasteiger partial charge in [0.2, 0.25) is 17.7 Å². The number of fused-ring (bicyclic) bond motifs is 1. The van der Waals surface area contributed by atoms with E-state index in [1.807, 2.05) is 24.3 Å². The Balaban J connectivity index is 1.96. The van der Waals surface area contributed by atoms with Crippen LogP contribution in [0.25, 0.3) is 10.9 Å². The first-order valence-electron chi connectivity index (χ1n) is 10.3. The lowest BCUT2D eigenvalue weighted by atomic mass is 10.0. The molecule has 0 saturated heterocycles. The molecule has 0 saturated carbocycles. The van der Waals surface area contributed by atoms with E-state index >= 15 is 0 Å². The third-order valence-electron chi connectivity index (χ3n) is 5.05. The largest absolute Gasteiger partial charge is 0.368 e. The molecule has 1 aromatic heterocycles. The summed E-state index contributed by atoms with van der Waals surface area (Å²) in [4.78, 5) is 50.8. The van der Waals surface area contributed by atoms with E-state index in [1.54, 1.807) is 18.2 Å². The summed E-state index contributed by atoms with van der Waals surface area (Å²) in [6.45, 7) is 1.09. The van der Waals surface area contributed by atoms with Gasteiger partial charge in [0.1, 0.15) is 12.1 Å². The number of benzene rings is 2. The molecular weight excluding hydrogens is 460 g/mol. The second kappa shape index (κ2) is 10.8. The molecule has 3 rings (SSSR count). The molecule has 0 spiro atoms. The minimum atomic E-state index is -1.11. The fourth-order valence-corrected chi connectivity index (χ4v) is 4.54. The van der Waals surface area contributed by atoms with Crippen LogP contribution in [-0.2, 0) is 20.8 Å². The number of hydrogen-bond donors (Lipinski definition) is 5. The number of para-hydroxylation sites is 2. The second-order valence-electron chi connectivity index (χ2n) is 7.46. The number of carbonyl (C=O) groups excluding carboxylic acids is 3. The number of hydrogen-bond acceptors (Lipinski definition) is 7. The fourth-order valence-electron chi connectivity index (χ4n) is 3.45. The van der Waals surface area contributed by atoms with Crippen LogP contribution in [0.3, 0.4) is 0 Å². The van der Waals surface area contributed by atoms with Crippen molar-refractivity contribution >= 4 is 46.1 Å². The van der Waals surface area contributed by atoms with Gasteiger partial charge in [0.05, 0.1) is 14.8 Å². The molecule has 0 aliphatic rings. The number of amides is 3. The van der Waals surface area contributed by atoms with E-state index in [0.29, 0.717) is 15.5 Å². The van der Waals surface area contributed by atoms with E-state index < -0.39 is 34.7 Å². The number of rotatable bonds is 10. The van der Waals surface area contributed by atoms with Gasteiger partial charge >= 0.3 is 0 Å². The maximum Gasteiger partial charge on any atom is 0.283 e. The third-order valence-corrected chi connectivity index (χ3v) is 6.16. The van der Waals surface area contributed by atoms with Gasteiger partial charge in [0.25, 0.3) is 5.69 Å². The minimum absolute atomic E-state index is 0.0193. The van der Waals surface area contributed by atoms with Crippen LogP contribution in [0.15, 0.2) is 58.5 Å². The Morgan fingerprint density at radius 1 is 1.09 bits per heavy atom. The highest BCUT2D eigenvalue weighted by Crippen LogP contribution is 2.39. The Bertz CT molecular complexity index is 1240. The standard InChI is InChI=1S/C22H24N6O5S/c1-12(29)25-17(11-23)21(31)26-16(20(24)30)10-14-13-6-2-3-7-15(13)27-22(14)34-19-9-5-4-8-18(19)28(32)33/h2-9,16-17,27H,10-11,23H2,1H3,(H2,24,30)(H,25,29)(H,26,31)/t16-,17-/m0/s1. The van der Waals surface area contributed by atoms with E-state index in [0.717, 1.165) is 22.7 Å². The highest BCUT2D eigenvalue weighted by Gasteiger charge is 2.27. The Labute approximate surface area is 198 Å². The molecular formula is C22H24N6O5S. The van der Waals surface area contributed by atoms with Gasteiger partial charge in [-0.3, -0.25) is 24.5 Å². The number of aromatic nitrogens is 1. The van der Waals surface area contributed by atoms with Gasteiger partial charge in [-0.25, -0.2) is 0 Å². The normalized spacial score (nSPS) is 12.6. The molecule has 7 N–H and O–H groups in total. The summed E-state index contributed by atoms with van der Waals surface area (Å²) in [7, 11) is 0. The minimum Gasteiger partial charge on any atom is -0.368 e. The molecule has 3 amide bonds. The third kappa shape index (κ3) is 5.71. The van der Waals surface area contributed by atoms with E-state index in [-0.39, 0.29) is 18.7 Å². The molecule has 12 heteroatoms. The Hall–Kier alpha value is -3.90. The summed E-state index contributed by atoms with van der Waals surface area (Å²) in [5, 5.41) is 17.8. The van der Waals surface area contributed by atoms with Crippen LogP contribution in [0.4, 0.5) is 5.69 Å². The fraction of sp³-hybridized carbons (Fsp3) is 0.227. The molecule has 1 heterocycles. The first-order chi connectivity index (χ1) is 16.2. The molecule has 0 fully saturated rings. The van der Waals surface area contributed by atoms with Crippen molar-refractivity contribution in [2.24, 2.45) is 11.5 Å². The Morgan fingerprint density at radius 2 is 1.76 bits per heavy atom. The summed E-state index contributed by atoms with van der Waals surface area (Å²) in [5.41, 5.74) is 12.5. The second-order valence-corrected chi connectivity index (χ2v) is 8.51. The molecule has 34 heavy (non-hydrogen) atoms. The number of aromatic amines is 1. The number of nitrogens with two attached hydrogens (primary N) is 2. The molecule has 3 aromatic rings. The molecule has 0 unspecified atom stereocenters. The van der Waals surface area contributed by atoms with Gasteiger partial charge in [0, 0.05) is 36.9 Å². The summed E-state index contributed by atoms with van der Waals surface area (Å²) in [6, 6.07) is 11.5. The van der Waals surface area contributed by atoms with E-state index in [2.05, 4.69) is 15.6 Å². The topological polar surface area (TPSA) is 186 Å². The predicted octanol–water partition coefficient (Wildman–Crippen LogP) is 1.20. The monoisotopic (exact) mass is 484 g/mol. The van der Waals surface area contributed by atoms with Crippen molar-refractivity contribution in [2.75, 3.05) is 6.54 Å². The van der Waals surface area contributed by atoms with Crippen molar-refractivity contribution in [2.45, 2.75) is 35.3 Å². The lowest BCUT2D eigenvalue weighted by Gasteiger charge is -2.20. The molecule has 2 atom stereocenters. The van der Waals surface area contributed by atoms with Crippen molar-refractivity contribution in [3.63, 3.8) is 0 Å². The number of primary amides is 1. The van der Waals surface area contributed by atoms with Gasteiger partial charge < -0.3 is 27.1 Å². The Morgan fingerprint density at radius 3 is 2.41 bits per heavy atom. The van der Waals surface area contributed by atoms with Gasteiger partial charge in [-0.05, 0) is 17.7 Å². The quantitative estimate of drug-likeness (QED) is 0.211. The van der Waals surface area contributed by atoms with Gasteiger partial charge in [-0.15, -0.1) is 0 Å². The highest BCUT2D eigenvalue weighted by molar-refractivity contribution is 7.99. The van der Waals surface area contributed by atoms with Crippen molar-refractivity contribution in [1.29, 1.82) is 0 Å². The first kappa shape index (κ1) is 24.7. The van der Waals surface area contributed by atoms with Crippen LogP contribution in [0.2, 0.25) is 0 Å². The number of carbonyl (C=O) groups is 3. The molecule has 0 aliphatic heterocycles. The van der Waals surface area contributed by atoms with Crippen molar-refractivity contribution in [3.05, 3.63) is 64.2 Å². The lowest BCUT2D eigenvalue weighted by molar-refractivity contribution is -0.387. The van der Waals surface area contributed by atoms with Crippen LogP contribution in [0, 0.1) is 10.1 Å². The van der Waals surface area contributed by atoms with Crippen LogP contribution in [0.5, 0.6) is 0 Å². The zero-order valence-corrected chi connectivity index (χ0v) is 19.1. The number of nitro groups is 1. The van der Waals surface area contributed by atoms with Crippen LogP contribution < -0.4 is 22.1 Å². The molecule has 0 bridgehead atoms. The average molecular weight is 485 g/mol. The maximum atomic E-state index is 12.6. The van der Waals surface area contributed by atoms with Gasteiger partial charge in [-0.1, -0.05) is 42.1 Å². The SMILES string of the molecule is CC(=O)N[C@@H](CN)C(=O)N[C@@H](Cc1c(Sc2ccccc2[N+](=O)[O-])[nH]c2ccccc12)C(N)=O. The smallest absolute Gasteiger partial charge is 0.283 e. The molecule has 178 valence electrons. The summed E-state index contributed by atoms with van der Waals surface area (Å²) < 4.78 is 0. The first-order valence-corrected chi connectivity index (χ1v) is 11.1. The molecule has 0 aliphatic carbocycles. The Kier molecular flexibility index (Phi) is 7.87. The van der Waals surface area contributed by atoms with Crippen LogP contribution in [0.1, 0.15) is 12.5 Å². The van der Waals surface area contributed by atoms with Crippen LogP contribution in [-0.4, -0.2) is 46.3 Å². The van der Waals surface area contributed by atoms with E-state index in [1.165, 1.54) is 13.0 Å². The summed E-state index contributed by atoms with van der Waals surface area (Å²) in [5.74, 6) is -1.87. The van der Waals surface area contributed by atoms with Crippen LogP contribution >= 0.6 is 11.8 Å². The predicted molar refractivity (Wildman–Crippen MR) is 127 cm³/mol. The van der Waals surface area contributed by atoms with Gasteiger partial charge in [-0.2, -0.15) is 0 Å². The number of nitrogens with one attached hydrogen (secondary N) is 3.